The van der Waals surface area contributed by atoms with Crippen LogP contribution in [-0.4, -0.2) is 67.3 Å². The van der Waals surface area contributed by atoms with Crippen molar-refractivity contribution in [3.8, 4) is 16.9 Å². The van der Waals surface area contributed by atoms with Crippen LogP contribution in [0.2, 0.25) is 25.7 Å². The highest BCUT2D eigenvalue weighted by Gasteiger charge is 2.30. The van der Waals surface area contributed by atoms with Crippen LogP contribution in [0.4, 0.5) is 10.9 Å². The van der Waals surface area contributed by atoms with Crippen LogP contribution in [0.15, 0.2) is 72.8 Å². The van der Waals surface area contributed by atoms with Crippen LogP contribution >= 0.6 is 27.3 Å². The van der Waals surface area contributed by atoms with Crippen molar-refractivity contribution in [1.29, 1.82) is 0 Å². The van der Waals surface area contributed by atoms with Crippen LogP contribution in [0.3, 0.4) is 0 Å². The number of carbonyl (C=O) groups is 2. The van der Waals surface area contributed by atoms with Gasteiger partial charge in [-0.25, -0.2) is 14.8 Å². The lowest BCUT2D eigenvalue weighted by Crippen LogP contribution is -2.37. The molecular weight excluding hydrogens is 877 g/mol. The second kappa shape index (κ2) is 22.0. The second-order valence-corrected chi connectivity index (χ2v) is 25.9. The van der Waals surface area contributed by atoms with E-state index in [1.165, 1.54) is 49.9 Å². The number of fused-ring (bicyclic) bond motifs is 2. The Kier molecular flexibility index (Phi) is 16.8. The molecule has 1 aliphatic heterocycles. The average molecular weight is 942 g/mol. The van der Waals surface area contributed by atoms with Gasteiger partial charge in [-0.05, 0) is 112 Å². The smallest absolute Gasteiger partial charge is 0.358 e. The number of hydrogen-bond acceptors (Lipinski definition) is 9. The van der Waals surface area contributed by atoms with Crippen molar-refractivity contribution < 1.29 is 23.8 Å². The molecule has 0 radical (unpaired) electrons. The van der Waals surface area contributed by atoms with Crippen molar-refractivity contribution in [2.75, 3.05) is 41.6 Å². The standard InChI is InChI=1S/C50H65BrN4O5SSi/c1-36-38(21-19-24-43(36)59-31-17-13-11-9-8-10-12-16-29-51)39-26-27-45(53-46(39)48(57)60-50(2,3)4)54-30-28-37-20-18-22-40(41(37)34-54)47(56)55(35-58-32-33-62(5,6)7)49-52-42-23-14-15-25-44(42)61-49/h14-15,18-27H,8-13,16-17,28-35H2,1-7H3. The minimum absolute atomic E-state index is 0.114. The molecule has 0 saturated heterocycles. The van der Waals surface area contributed by atoms with Crippen LogP contribution in [0.1, 0.15) is 110 Å². The van der Waals surface area contributed by atoms with Gasteiger partial charge in [0.15, 0.2) is 10.8 Å². The van der Waals surface area contributed by atoms with E-state index in [9.17, 15) is 9.59 Å². The molecule has 0 unspecified atom stereocenters. The third-order valence-corrected chi connectivity index (χ3v) is 14.5. The lowest BCUT2D eigenvalue weighted by molar-refractivity contribution is 0.00637. The Hall–Kier alpha value is -4.10. The number of anilines is 2. The van der Waals surface area contributed by atoms with Gasteiger partial charge in [0.2, 0.25) is 0 Å². The number of esters is 1. The first-order valence-corrected chi connectivity index (χ1v) is 28.0. The highest BCUT2D eigenvalue weighted by molar-refractivity contribution is 9.09. The number of unbranched alkanes of at least 4 members (excludes halogenated alkanes) is 7. The van der Waals surface area contributed by atoms with Crippen LogP contribution in [0.5, 0.6) is 5.75 Å². The molecule has 1 amide bonds. The van der Waals surface area contributed by atoms with Crippen LogP contribution in [0.25, 0.3) is 21.3 Å². The number of aromatic nitrogens is 2. The van der Waals surface area contributed by atoms with E-state index < -0.39 is 19.6 Å². The Morgan fingerprint density at radius 3 is 2.29 bits per heavy atom. The quantitative estimate of drug-likeness (QED) is 0.0236. The van der Waals surface area contributed by atoms with Crippen LogP contribution < -0.4 is 14.5 Å². The van der Waals surface area contributed by atoms with Gasteiger partial charge >= 0.3 is 5.97 Å². The first kappa shape index (κ1) is 47.4. The monoisotopic (exact) mass is 940 g/mol. The zero-order valence-electron chi connectivity index (χ0n) is 37.9. The average Bonchev–Trinajstić information content (AvgIpc) is 3.67. The van der Waals surface area contributed by atoms with Crippen LogP contribution in [0, 0.1) is 6.92 Å². The van der Waals surface area contributed by atoms with Gasteiger partial charge in [0, 0.05) is 44.2 Å². The number of para-hydroxylation sites is 1. The van der Waals surface area contributed by atoms with Gasteiger partial charge in [-0.3, -0.25) is 9.69 Å². The molecule has 0 spiro atoms. The van der Waals surface area contributed by atoms with Gasteiger partial charge in [0.1, 0.15) is 23.9 Å². The number of halogens is 1. The Morgan fingerprint density at radius 1 is 0.839 bits per heavy atom. The Balaban J connectivity index is 1.23. The summed E-state index contributed by atoms with van der Waals surface area (Å²) < 4.78 is 19.5. The summed E-state index contributed by atoms with van der Waals surface area (Å²) in [5.74, 6) is 0.819. The molecule has 0 saturated carbocycles. The normalized spacial score (nSPS) is 13.0. The molecule has 2 aromatic heterocycles. The van der Waals surface area contributed by atoms with Gasteiger partial charge in [-0.15, -0.1) is 0 Å². The van der Waals surface area contributed by atoms with E-state index >= 15 is 0 Å². The molecule has 0 fully saturated rings. The van der Waals surface area contributed by atoms with Gasteiger partial charge < -0.3 is 19.1 Å². The minimum Gasteiger partial charge on any atom is -0.493 e. The lowest BCUT2D eigenvalue weighted by atomic mass is 9.94. The third-order valence-electron chi connectivity index (χ3n) is 11.1. The van der Waals surface area contributed by atoms with Crippen LogP contribution in [-0.2, 0) is 22.4 Å². The van der Waals surface area contributed by atoms with E-state index in [1.807, 2.05) is 94.4 Å². The minimum atomic E-state index is -1.34. The number of nitrogens with zero attached hydrogens (tertiary/aromatic N) is 4. The number of ether oxygens (including phenoxy) is 3. The predicted molar refractivity (Wildman–Crippen MR) is 262 cm³/mol. The second-order valence-electron chi connectivity index (χ2n) is 18.5. The fourth-order valence-corrected chi connectivity index (χ4v) is 9.76. The fraction of sp³-hybridized carbons (Fsp3) is 0.480. The number of carbonyl (C=O) groups excluding carboxylic acids is 2. The molecule has 62 heavy (non-hydrogen) atoms. The molecule has 5 aromatic rings. The molecule has 3 heterocycles. The Morgan fingerprint density at radius 2 is 1.56 bits per heavy atom. The molecule has 0 N–H and O–H groups in total. The summed E-state index contributed by atoms with van der Waals surface area (Å²) in [6, 6.07) is 24.9. The van der Waals surface area contributed by atoms with Gasteiger partial charge in [-0.2, -0.15) is 0 Å². The number of amides is 1. The van der Waals surface area contributed by atoms with Gasteiger partial charge in [-0.1, -0.05) is 122 Å². The number of hydrogen-bond donors (Lipinski definition) is 0. The van der Waals surface area contributed by atoms with Gasteiger partial charge in [0.25, 0.3) is 5.91 Å². The molecule has 6 rings (SSSR count). The van der Waals surface area contributed by atoms with Crippen molar-refractivity contribution in [2.45, 2.75) is 123 Å². The van der Waals surface area contributed by atoms with Crippen molar-refractivity contribution in [1.82, 2.24) is 9.97 Å². The van der Waals surface area contributed by atoms with Crippen molar-refractivity contribution >= 4 is 68.4 Å². The summed E-state index contributed by atoms with van der Waals surface area (Å²) in [7, 11) is -1.34. The Labute approximate surface area is 382 Å². The molecule has 1 aliphatic rings. The maximum atomic E-state index is 14.7. The summed E-state index contributed by atoms with van der Waals surface area (Å²) in [4.78, 5) is 42.6. The number of benzene rings is 3. The van der Waals surface area contributed by atoms with E-state index in [4.69, 9.17) is 24.2 Å². The largest absolute Gasteiger partial charge is 0.493 e. The van der Waals surface area contributed by atoms with E-state index in [1.54, 1.807) is 4.90 Å². The summed E-state index contributed by atoms with van der Waals surface area (Å²) in [5.41, 5.74) is 5.58. The molecule has 332 valence electrons. The summed E-state index contributed by atoms with van der Waals surface area (Å²) in [5, 5.41) is 1.71. The van der Waals surface area contributed by atoms with Crippen molar-refractivity contribution in [2.24, 2.45) is 0 Å². The zero-order valence-corrected chi connectivity index (χ0v) is 41.3. The maximum Gasteiger partial charge on any atom is 0.358 e. The van der Waals surface area contributed by atoms with Crippen molar-refractivity contribution in [3.63, 3.8) is 0 Å². The number of alkyl halides is 1. The van der Waals surface area contributed by atoms with E-state index in [0.717, 1.165) is 62.4 Å². The zero-order chi connectivity index (χ0) is 44.3. The van der Waals surface area contributed by atoms with Crippen molar-refractivity contribution in [3.05, 3.63) is 101 Å². The molecule has 9 nitrogen and oxygen atoms in total. The highest BCUT2D eigenvalue weighted by Crippen LogP contribution is 2.36. The molecule has 0 bridgehead atoms. The summed E-state index contributed by atoms with van der Waals surface area (Å²) >= 11 is 5.01. The topological polar surface area (TPSA) is 94.1 Å². The number of pyridine rings is 1. The molecule has 0 atom stereocenters. The third kappa shape index (κ3) is 13.0. The number of rotatable bonds is 21. The Bertz CT molecular complexity index is 2250. The molecular formula is C50H65BrN4O5SSi. The molecule has 0 aliphatic carbocycles. The molecule has 3 aromatic carbocycles. The van der Waals surface area contributed by atoms with E-state index in [-0.39, 0.29) is 18.3 Å². The SMILES string of the molecule is Cc1c(OCCCCCCCCCCBr)cccc1-c1ccc(N2CCc3cccc(C(=O)N(COCC[Si](C)(C)C)c4nc5ccccc5s4)c3C2)nc1C(=O)OC(C)(C)C. The van der Waals surface area contributed by atoms with Gasteiger partial charge in [0.05, 0.1) is 16.8 Å². The highest BCUT2D eigenvalue weighted by atomic mass is 79.9. The summed E-state index contributed by atoms with van der Waals surface area (Å²) in [6.45, 7) is 17.1. The van der Waals surface area contributed by atoms with E-state index in [0.29, 0.717) is 54.8 Å². The predicted octanol–water partition coefficient (Wildman–Crippen LogP) is 13.0. The first-order valence-electron chi connectivity index (χ1n) is 22.4. The number of thiazole rings is 1. The fourth-order valence-electron chi connectivity index (χ4n) is 7.66. The maximum absolute atomic E-state index is 14.7. The lowest BCUT2D eigenvalue weighted by Gasteiger charge is -2.32. The molecule has 12 heteroatoms. The van der Waals surface area contributed by atoms with E-state index in [2.05, 4.69) is 46.5 Å². The summed E-state index contributed by atoms with van der Waals surface area (Å²) in [6.07, 6.45) is 10.5. The first-order chi connectivity index (χ1) is 29.7.